The Morgan fingerprint density at radius 2 is 1.91 bits per heavy atom. The zero-order chi connectivity index (χ0) is 8.70. The predicted octanol–water partition coefficient (Wildman–Crippen LogP) is 2.46. The predicted molar refractivity (Wildman–Crippen MR) is 46.4 cm³/mol. The smallest absolute Gasteiger partial charge is 0.312 e. The number of rotatable bonds is 1. The van der Waals surface area contributed by atoms with Crippen LogP contribution in [-0.2, 0) is 9.53 Å². The first kappa shape index (κ1) is 9.04. The van der Waals surface area contributed by atoms with E-state index in [2.05, 4.69) is 15.9 Å². The lowest BCUT2D eigenvalue weighted by Gasteiger charge is -2.19. The normalized spacial score (nSPS) is 21.1. The number of alkyl halides is 1. The van der Waals surface area contributed by atoms with Gasteiger partial charge in [0.1, 0.15) is 0 Å². The first-order valence-electron chi connectivity index (χ1n) is 3.76. The van der Waals surface area contributed by atoms with Crippen LogP contribution in [0.5, 0.6) is 0 Å². The highest BCUT2D eigenvalue weighted by molar-refractivity contribution is 9.10. The fourth-order valence-corrected chi connectivity index (χ4v) is 0.865. The quantitative estimate of drug-likeness (QED) is 0.502. The van der Waals surface area contributed by atoms with E-state index in [-0.39, 0.29) is 15.9 Å². The number of ether oxygens (including phenoxy) is 1. The van der Waals surface area contributed by atoms with E-state index < -0.39 is 0 Å². The molecule has 1 fully saturated rings. The molecule has 64 valence electrons. The minimum atomic E-state index is -0.386. The number of hydrogen-bond acceptors (Lipinski definition) is 2. The minimum absolute atomic E-state index is 0.133. The van der Waals surface area contributed by atoms with Crippen molar-refractivity contribution < 1.29 is 9.53 Å². The molecular weight excluding hydrogens is 208 g/mol. The Hall–Kier alpha value is -0.0500. The summed E-state index contributed by atoms with van der Waals surface area (Å²) < 4.78 is 4.88. The molecule has 0 radical (unpaired) electrons. The van der Waals surface area contributed by atoms with Crippen LogP contribution >= 0.6 is 15.9 Å². The highest BCUT2D eigenvalue weighted by Gasteiger charge is 2.45. The molecule has 0 atom stereocenters. The monoisotopic (exact) mass is 220 g/mol. The van der Waals surface area contributed by atoms with Gasteiger partial charge in [-0.1, -0.05) is 0 Å². The van der Waals surface area contributed by atoms with Crippen molar-refractivity contribution in [2.24, 2.45) is 5.41 Å². The van der Waals surface area contributed by atoms with Crippen LogP contribution in [0.25, 0.3) is 0 Å². The van der Waals surface area contributed by atoms with Crippen molar-refractivity contribution in [2.45, 2.75) is 38.1 Å². The van der Waals surface area contributed by atoms with Gasteiger partial charge in [-0.05, 0) is 36.7 Å². The molecule has 1 rings (SSSR count). The Bertz CT molecular complexity index is 177. The van der Waals surface area contributed by atoms with E-state index in [9.17, 15) is 4.79 Å². The van der Waals surface area contributed by atoms with Gasteiger partial charge in [0.25, 0.3) is 0 Å². The summed E-state index contributed by atoms with van der Waals surface area (Å²) in [6.45, 7) is 5.57. The zero-order valence-electron chi connectivity index (χ0n) is 7.11. The molecule has 11 heavy (non-hydrogen) atoms. The molecule has 0 spiro atoms. The Balaban J connectivity index is 2.44. The van der Waals surface area contributed by atoms with Crippen LogP contribution < -0.4 is 0 Å². The third-order valence-electron chi connectivity index (χ3n) is 1.53. The van der Waals surface area contributed by atoms with Crippen LogP contribution in [0.1, 0.15) is 33.6 Å². The van der Waals surface area contributed by atoms with Crippen molar-refractivity contribution >= 4 is 21.9 Å². The molecule has 0 N–H and O–H groups in total. The van der Waals surface area contributed by atoms with E-state index in [1.165, 1.54) is 0 Å². The highest BCUT2D eigenvalue weighted by atomic mass is 79.9. The maximum absolute atomic E-state index is 11.3. The van der Waals surface area contributed by atoms with Gasteiger partial charge in [-0.2, -0.15) is 0 Å². The highest BCUT2D eigenvalue weighted by Crippen LogP contribution is 2.46. The molecule has 0 aromatic heterocycles. The third kappa shape index (κ3) is 2.47. The summed E-state index contributed by atoms with van der Waals surface area (Å²) in [4.78, 5) is 11.3. The second kappa shape index (κ2) is 2.47. The van der Waals surface area contributed by atoms with Gasteiger partial charge in [0.2, 0.25) is 0 Å². The average Bonchev–Trinajstić information content (AvgIpc) is 2.45. The van der Waals surface area contributed by atoms with Crippen molar-refractivity contribution in [3.63, 3.8) is 0 Å². The lowest BCUT2D eigenvalue weighted by Crippen LogP contribution is -2.26. The van der Waals surface area contributed by atoms with Gasteiger partial charge in [0.05, 0.1) is 5.41 Å². The van der Waals surface area contributed by atoms with Gasteiger partial charge < -0.3 is 4.74 Å². The van der Waals surface area contributed by atoms with Gasteiger partial charge in [0.15, 0.2) is 4.51 Å². The maximum Gasteiger partial charge on any atom is 0.312 e. The summed E-state index contributed by atoms with van der Waals surface area (Å²) in [5, 5.41) is 0. The van der Waals surface area contributed by atoms with E-state index in [0.29, 0.717) is 0 Å². The lowest BCUT2D eigenvalue weighted by atomic mass is 9.97. The molecule has 1 aliphatic carbocycles. The fraction of sp³-hybridized carbons (Fsp3) is 0.875. The Morgan fingerprint density at radius 3 is 2.18 bits per heavy atom. The van der Waals surface area contributed by atoms with Crippen LogP contribution in [0.3, 0.4) is 0 Å². The fourth-order valence-electron chi connectivity index (χ4n) is 0.520. The summed E-state index contributed by atoms with van der Waals surface area (Å²) in [5.74, 6) is -0.133. The molecule has 3 heteroatoms. The van der Waals surface area contributed by atoms with Crippen LogP contribution in [0.15, 0.2) is 0 Å². The van der Waals surface area contributed by atoms with Gasteiger partial charge >= 0.3 is 5.97 Å². The Morgan fingerprint density at radius 1 is 1.45 bits per heavy atom. The van der Waals surface area contributed by atoms with Crippen molar-refractivity contribution in [1.82, 2.24) is 0 Å². The molecule has 0 aliphatic heterocycles. The largest absolute Gasteiger partial charge is 0.447 e. The number of hydrogen-bond donors (Lipinski definition) is 0. The third-order valence-corrected chi connectivity index (χ3v) is 2.49. The van der Waals surface area contributed by atoms with E-state index >= 15 is 0 Å². The summed E-state index contributed by atoms with van der Waals surface area (Å²) in [6.07, 6.45) is 1.88. The van der Waals surface area contributed by atoms with Crippen molar-refractivity contribution in [2.75, 3.05) is 0 Å². The van der Waals surface area contributed by atoms with Crippen LogP contribution in [0, 0.1) is 5.41 Å². The van der Waals surface area contributed by atoms with Gasteiger partial charge in [-0.15, -0.1) is 0 Å². The second-order valence-electron chi connectivity index (χ2n) is 4.02. The second-order valence-corrected chi connectivity index (χ2v) is 5.47. The first-order valence-corrected chi connectivity index (χ1v) is 4.55. The van der Waals surface area contributed by atoms with Crippen LogP contribution in [-0.4, -0.2) is 10.5 Å². The Kier molecular flexibility index (Phi) is 2.03. The summed E-state index contributed by atoms with van der Waals surface area (Å²) in [5.41, 5.74) is -0.386. The van der Waals surface area contributed by atoms with E-state index in [1.54, 1.807) is 0 Å². The van der Waals surface area contributed by atoms with E-state index in [1.807, 2.05) is 20.8 Å². The van der Waals surface area contributed by atoms with Crippen molar-refractivity contribution in [1.29, 1.82) is 0 Å². The van der Waals surface area contributed by atoms with Crippen molar-refractivity contribution in [3.8, 4) is 0 Å². The summed E-state index contributed by atoms with van der Waals surface area (Å²) in [6, 6.07) is 0. The van der Waals surface area contributed by atoms with E-state index in [4.69, 9.17) is 4.74 Å². The number of carbonyl (C=O) groups is 1. The molecule has 0 amide bonds. The average molecular weight is 221 g/mol. The molecule has 1 saturated carbocycles. The molecule has 0 bridgehead atoms. The standard InChI is InChI=1S/C8H13BrO2/c1-7(2,3)6(10)11-8(9)4-5-8/h4-5H2,1-3H3. The molecule has 0 heterocycles. The summed E-state index contributed by atoms with van der Waals surface area (Å²) >= 11 is 3.34. The summed E-state index contributed by atoms with van der Waals surface area (Å²) in [7, 11) is 0. The van der Waals surface area contributed by atoms with Crippen LogP contribution in [0.2, 0.25) is 0 Å². The van der Waals surface area contributed by atoms with Gasteiger partial charge in [0, 0.05) is 12.8 Å². The minimum Gasteiger partial charge on any atom is -0.447 e. The van der Waals surface area contributed by atoms with Gasteiger partial charge in [-0.25, -0.2) is 0 Å². The van der Waals surface area contributed by atoms with Gasteiger partial charge in [-0.3, -0.25) is 4.79 Å². The molecule has 0 unspecified atom stereocenters. The Labute approximate surface area is 75.4 Å². The maximum atomic E-state index is 11.3. The molecule has 2 nitrogen and oxygen atoms in total. The first-order chi connectivity index (χ1) is 4.83. The SMILES string of the molecule is CC(C)(C)C(=O)OC1(Br)CC1. The number of esters is 1. The molecule has 0 saturated heterocycles. The molecule has 1 aliphatic rings. The molecule has 0 aromatic rings. The van der Waals surface area contributed by atoms with E-state index in [0.717, 1.165) is 12.8 Å². The topological polar surface area (TPSA) is 26.3 Å². The lowest BCUT2D eigenvalue weighted by molar-refractivity contribution is -0.155. The van der Waals surface area contributed by atoms with Crippen LogP contribution in [0.4, 0.5) is 0 Å². The van der Waals surface area contributed by atoms with Crippen molar-refractivity contribution in [3.05, 3.63) is 0 Å². The number of halogens is 1. The number of carbonyl (C=O) groups excluding carboxylic acids is 1. The molecule has 0 aromatic carbocycles. The molecular formula is C8H13BrO2. The zero-order valence-corrected chi connectivity index (χ0v) is 8.69.